The molecule has 10 aromatic rings. The van der Waals surface area contributed by atoms with E-state index < -0.39 is 0 Å². The Morgan fingerprint density at radius 1 is 0.468 bits per heavy atom. The zero-order valence-electron chi connectivity index (χ0n) is 35.4. The van der Waals surface area contributed by atoms with Crippen LogP contribution in [-0.2, 0) is 10.8 Å². The molecule has 0 aliphatic heterocycles. The topological polar surface area (TPSA) is 26.3 Å². The van der Waals surface area contributed by atoms with Crippen molar-refractivity contribution in [3.8, 4) is 55.6 Å². The minimum Gasteiger partial charge on any atom is -0.455 e. The summed E-state index contributed by atoms with van der Waals surface area (Å²) in [6.45, 7) is 17.8. The third-order valence-corrected chi connectivity index (χ3v) is 13.9. The van der Waals surface area contributed by atoms with E-state index in [2.05, 4.69) is 193 Å². The summed E-state index contributed by atoms with van der Waals surface area (Å²) in [6, 6.07) is 55.0. The summed E-state index contributed by atoms with van der Waals surface area (Å²) in [5.41, 5.74) is 22.5. The largest absolute Gasteiger partial charge is 0.455 e. The highest BCUT2D eigenvalue weighted by Crippen LogP contribution is 2.63. The van der Waals surface area contributed by atoms with Crippen molar-refractivity contribution in [2.75, 3.05) is 0 Å². The predicted octanol–water partition coefficient (Wildman–Crippen LogP) is 16.9. The van der Waals surface area contributed by atoms with Gasteiger partial charge in [-0.3, -0.25) is 0 Å². The van der Waals surface area contributed by atoms with E-state index in [4.69, 9.17) is 8.83 Å². The van der Waals surface area contributed by atoms with Crippen LogP contribution in [0.4, 0.5) is 0 Å². The van der Waals surface area contributed by atoms with Gasteiger partial charge < -0.3 is 8.83 Å². The molecule has 0 N–H and O–H groups in total. The van der Waals surface area contributed by atoms with Gasteiger partial charge in [0.15, 0.2) is 0 Å². The smallest absolute Gasteiger partial charge is 0.143 e. The number of hydrogen-bond acceptors (Lipinski definition) is 2. The Morgan fingerprint density at radius 3 is 1.50 bits per heavy atom. The van der Waals surface area contributed by atoms with Crippen LogP contribution in [-0.4, -0.2) is 0 Å². The van der Waals surface area contributed by atoms with Gasteiger partial charge in [-0.15, -0.1) is 0 Å². The van der Waals surface area contributed by atoms with E-state index in [-0.39, 0.29) is 10.8 Å². The highest BCUT2D eigenvalue weighted by molar-refractivity contribution is 6.21. The van der Waals surface area contributed by atoms with E-state index in [0.29, 0.717) is 0 Å². The average Bonchev–Trinajstić information content (AvgIpc) is 4.00. The Kier molecular flexibility index (Phi) is 7.66. The monoisotopic (exact) mass is 796 g/mol. The van der Waals surface area contributed by atoms with Crippen molar-refractivity contribution in [3.05, 3.63) is 211 Å². The minimum absolute atomic E-state index is 0.332. The fraction of sp³-hybridized carbons (Fsp3) is 0.100. The molecule has 0 saturated carbocycles. The molecule has 2 nitrogen and oxygen atoms in total. The highest BCUT2D eigenvalue weighted by atomic mass is 16.3. The molecule has 0 unspecified atom stereocenters. The first kappa shape index (κ1) is 36.4. The van der Waals surface area contributed by atoms with Gasteiger partial charge in [-0.1, -0.05) is 174 Å². The molecule has 2 aromatic heterocycles. The number of rotatable bonds is 6. The zero-order chi connectivity index (χ0) is 42.1. The Bertz CT molecular complexity index is 3600. The Morgan fingerprint density at radius 2 is 0.952 bits per heavy atom. The number of allylic oxidation sites excluding steroid dienone is 4. The molecule has 2 heteroatoms. The summed E-state index contributed by atoms with van der Waals surface area (Å²) in [7, 11) is 0. The molecule has 0 amide bonds. The normalized spacial score (nSPS) is 14.6. The van der Waals surface area contributed by atoms with Crippen molar-refractivity contribution in [1.29, 1.82) is 0 Å². The van der Waals surface area contributed by atoms with Crippen LogP contribution < -0.4 is 0 Å². The lowest BCUT2D eigenvalue weighted by molar-refractivity contribution is 0.601. The number of furan rings is 2. The van der Waals surface area contributed by atoms with Gasteiger partial charge in [-0.2, -0.15) is 0 Å². The minimum atomic E-state index is -0.340. The average molecular weight is 797 g/mol. The fourth-order valence-electron chi connectivity index (χ4n) is 11.1. The Labute approximate surface area is 361 Å². The van der Waals surface area contributed by atoms with Crippen LogP contribution in [0, 0.1) is 0 Å². The Hall–Kier alpha value is -7.42. The molecule has 12 rings (SSSR count). The molecule has 0 saturated heterocycles. The lowest BCUT2D eigenvalue weighted by Crippen LogP contribution is -2.24. The lowest BCUT2D eigenvalue weighted by atomic mass is 9.72. The standard InChI is InChI=1S/C60H44O2/c1-7-18-35(8-2)37-21-16-23-39(31-37)45-33-47-51(53-41-25-12-14-27-49(41)61-57(45)53)43-29-30-44-52-48(60(5,6)56(44)55(43)59(47,3)4)34-46(58-54(52)42-26-13-15-28-50(42)62-58)40-24-17-22-38(32-40)36-19-10-9-11-20-36/h7-34H,1-2H2,3-6H3/b35-18+. The fourth-order valence-corrected chi connectivity index (χ4v) is 11.1. The van der Waals surface area contributed by atoms with Gasteiger partial charge in [0.05, 0.1) is 0 Å². The number of hydrogen-bond donors (Lipinski definition) is 0. The summed E-state index contributed by atoms with van der Waals surface area (Å²) in [5, 5.41) is 4.64. The van der Waals surface area contributed by atoms with E-state index in [9.17, 15) is 0 Å². The van der Waals surface area contributed by atoms with Gasteiger partial charge in [0.2, 0.25) is 0 Å². The first-order chi connectivity index (χ1) is 30.2. The van der Waals surface area contributed by atoms with E-state index >= 15 is 0 Å². The SMILES string of the molecule is C=C/C=C(\C=C)c1cccc(-c2cc3c(c4c2oc2ccccc24)-c2ccc4c(c2C3(C)C)C(C)(C)c2cc(-c3cccc(-c5ccccc5)c3)c3oc5ccccc5c3c2-4)c1. The van der Waals surface area contributed by atoms with Crippen LogP contribution in [0.15, 0.2) is 192 Å². The van der Waals surface area contributed by atoms with Gasteiger partial charge in [-0.25, -0.2) is 0 Å². The van der Waals surface area contributed by atoms with E-state index in [1.165, 1.54) is 66.4 Å². The molecule has 8 aromatic carbocycles. The summed E-state index contributed by atoms with van der Waals surface area (Å²) in [6.07, 6.45) is 5.72. The summed E-state index contributed by atoms with van der Waals surface area (Å²) in [4.78, 5) is 0. The van der Waals surface area contributed by atoms with Crippen LogP contribution in [0.5, 0.6) is 0 Å². The van der Waals surface area contributed by atoms with Gasteiger partial charge in [0.25, 0.3) is 0 Å². The predicted molar refractivity (Wildman–Crippen MR) is 261 cm³/mol. The molecule has 2 heterocycles. The van der Waals surface area contributed by atoms with Crippen molar-refractivity contribution in [2.45, 2.75) is 38.5 Å². The molecule has 296 valence electrons. The van der Waals surface area contributed by atoms with Crippen molar-refractivity contribution in [2.24, 2.45) is 0 Å². The number of para-hydroxylation sites is 2. The third-order valence-electron chi connectivity index (χ3n) is 13.9. The molecule has 0 fully saturated rings. The molecular weight excluding hydrogens is 753 g/mol. The molecule has 2 aliphatic carbocycles. The van der Waals surface area contributed by atoms with Crippen LogP contribution in [0.3, 0.4) is 0 Å². The summed E-state index contributed by atoms with van der Waals surface area (Å²) >= 11 is 0. The maximum atomic E-state index is 6.93. The van der Waals surface area contributed by atoms with Gasteiger partial charge >= 0.3 is 0 Å². The number of fused-ring (bicyclic) bond motifs is 15. The summed E-state index contributed by atoms with van der Waals surface area (Å²) < 4.78 is 13.8. The first-order valence-corrected chi connectivity index (χ1v) is 21.6. The van der Waals surface area contributed by atoms with Crippen LogP contribution in [0.1, 0.15) is 55.5 Å². The molecule has 2 aliphatic rings. The molecule has 62 heavy (non-hydrogen) atoms. The van der Waals surface area contributed by atoms with Crippen molar-refractivity contribution in [3.63, 3.8) is 0 Å². The lowest BCUT2D eigenvalue weighted by Gasteiger charge is -2.31. The molecule has 0 spiro atoms. The van der Waals surface area contributed by atoms with Crippen molar-refractivity contribution < 1.29 is 8.83 Å². The van der Waals surface area contributed by atoms with Crippen LogP contribution >= 0.6 is 0 Å². The third kappa shape index (κ3) is 4.92. The molecule has 0 atom stereocenters. The molecule has 0 radical (unpaired) electrons. The van der Waals surface area contributed by atoms with E-state index in [0.717, 1.165) is 66.5 Å². The number of benzene rings is 8. The zero-order valence-corrected chi connectivity index (χ0v) is 35.4. The van der Waals surface area contributed by atoms with Gasteiger partial charge in [0.1, 0.15) is 22.3 Å². The first-order valence-electron chi connectivity index (χ1n) is 21.6. The van der Waals surface area contributed by atoms with E-state index in [1.807, 2.05) is 18.2 Å². The molecule has 0 bridgehead atoms. The maximum absolute atomic E-state index is 6.93. The van der Waals surface area contributed by atoms with Gasteiger partial charge in [0, 0.05) is 43.5 Å². The van der Waals surface area contributed by atoms with Crippen molar-refractivity contribution in [1.82, 2.24) is 0 Å². The molecular formula is C60H44O2. The van der Waals surface area contributed by atoms with E-state index in [1.54, 1.807) is 0 Å². The second-order valence-corrected chi connectivity index (χ2v) is 18.0. The van der Waals surface area contributed by atoms with Gasteiger partial charge in [-0.05, 0) is 114 Å². The quantitative estimate of drug-likeness (QED) is 0.157. The van der Waals surface area contributed by atoms with Crippen LogP contribution in [0.25, 0.3) is 105 Å². The van der Waals surface area contributed by atoms with Crippen LogP contribution in [0.2, 0.25) is 0 Å². The maximum Gasteiger partial charge on any atom is 0.143 e. The second-order valence-electron chi connectivity index (χ2n) is 18.0. The second kappa shape index (κ2) is 13.0. The highest BCUT2D eigenvalue weighted by Gasteiger charge is 2.48. The van der Waals surface area contributed by atoms with Crippen molar-refractivity contribution >= 4 is 49.5 Å². The summed E-state index contributed by atoms with van der Waals surface area (Å²) in [5.74, 6) is 0. The Balaban J connectivity index is 1.13.